The quantitative estimate of drug-likeness (QED) is 0.652. The van der Waals surface area contributed by atoms with Crippen molar-refractivity contribution in [2.75, 3.05) is 5.32 Å². The number of pyridine rings is 1. The molecule has 0 fully saturated rings. The summed E-state index contributed by atoms with van der Waals surface area (Å²) >= 11 is 0. The van der Waals surface area contributed by atoms with Crippen LogP contribution < -0.4 is 5.32 Å². The van der Waals surface area contributed by atoms with E-state index in [0.29, 0.717) is 0 Å². The van der Waals surface area contributed by atoms with Crippen LogP contribution in [0.25, 0.3) is 0 Å². The third-order valence-corrected chi connectivity index (χ3v) is 2.51. The van der Waals surface area contributed by atoms with E-state index in [-0.39, 0.29) is 5.91 Å². The summed E-state index contributed by atoms with van der Waals surface area (Å²) in [5.74, 6) is 0.746. The van der Waals surface area contributed by atoms with Crippen LogP contribution >= 0.6 is 0 Å². The maximum Gasteiger partial charge on any atom is 0.235 e. The lowest BCUT2D eigenvalue weighted by atomic mass is 9.87. The molecule has 2 heterocycles. The lowest BCUT2D eigenvalue weighted by Gasteiger charge is -2.13. The maximum atomic E-state index is 11.5. The number of aromatic nitrogens is 1. The Morgan fingerprint density at radius 2 is 2.08 bits per heavy atom. The SMILES string of the molecule is Cc1ccc2c(n1)NC(=O)C2(C)C. The number of hydrogen-bond donors (Lipinski definition) is 1. The van der Waals surface area contributed by atoms with Crippen LogP contribution in [0.3, 0.4) is 0 Å². The van der Waals surface area contributed by atoms with E-state index >= 15 is 0 Å². The molecule has 3 nitrogen and oxygen atoms in total. The minimum absolute atomic E-state index is 0.0283. The van der Waals surface area contributed by atoms with E-state index in [2.05, 4.69) is 10.3 Å². The van der Waals surface area contributed by atoms with Gasteiger partial charge >= 0.3 is 0 Å². The van der Waals surface area contributed by atoms with Crippen LogP contribution in [0.5, 0.6) is 0 Å². The number of carbonyl (C=O) groups excluding carboxylic acids is 1. The van der Waals surface area contributed by atoms with Crippen LogP contribution in [-0.4, -0.2) is 10.9 Å². The molecule has 0 aromatic carbocycles. The standard InChI is InChI=1S/C10H12N2O/c1-6-4-5-7-8(11-6)12-9(13)10(7,2)3/h4-5H,1-3H3,(H,11,12,13). The number of anilines is 1. The third kappa shape index (κ3) is 1.03. The van der Waals surface area contributed by atoms with Crippen molar-refractivity contribution in [2.24, 2.45) is 0 Å². The molecule has 3 heteroatoms. The van der Waals surface area contributed by atoms with Crippen molar-refractivity contribution < 1.29 is 4.79 Å². The second-order valence-electron chi connectivity index (χ2n) is 3.93. The largest absolute Gasteiger partial charge is 0.310 e. The number of nitrogens with one attached hydrogen (secondary N) is 1. The molecule has 0 radical (unpaired) electrons. The van der Waals surface area contributed by atoms with Gasteiger partial charge in [-0.25, -0.2) is 4.98 Å². The first kappa shape index (κ1) is 8.23. The van der Waals surface area contributed by atoms with Gasteiger partial charge in [-0.2, -0.15) is 0 Å². The first-order valence-electron chi connectivity index (χ1n) is 4.31. The van der Waals surface area contributed by atoms with E-state index in [0.717, 1.165) is 17.1 Å². The van der Waals surface area contributed by atoms with Crippen LogP contribution in [0.2, 0.25) is 0 Å². The second kappa shape index (κ2) is 2.31. The summed E-state index contributed by atoms with van der Waals surface area (Å²) in [6.07, 6.45) is 0. The van der Waals surface area contributed by atoms with Gasteiger partial charge in [-0.3, -0.25) is 4.79 Å². The summed E-state index contributed by atoms with van der Waals surface area (Å²) in [6.45, 7) is 5.73. The molecule has 0 saturated heterocycles. The fourth-order valence-electron chi connectivity index (χ4n) is 1.54. The van der Waals surface area contributed by atoms with Gasteiger partial charge in [0.2, 0.25) is 5.91 Å². The van der Waals surface area contributed by atoms with Crippen LogP contribution in [0, 0.1) is 6.92 Å². The highest BCUT2D eigenvalue weighted by Crippen LogP contribution is 2.35. The molecule has 0 unspecified atom stereocenters. The van der Waals surface area contributed by atoms with E-state index in [1.165, 1.54) is 0 Å². The van der Waals surface area contributed by atoms with E-state index in [1.807, 2.05) is 32.9 Å². The predicted octanol–water partition coefficient (Wildman–Crippen LogP) is 1.62. The van der Waals surface area contributed by atoms with E-state index in [4.69, 9.17) is 0 Å². The van der Waals surface area contributed by atoms with Crippen molar-refractivity contribution in [1.82, 2.24) is 4.98 Å². The Kier molecular flexibility index (Phi) is 1.46. The van der Waals surface area contributed by atoms with Gasteiger partial charge < -0.3 is 5.32 Å². The maximum absolute atomic E-state index is 11.5. The van der Waals surface area contributed by atoms with Crippen molar-refractivity contribution in [3.8, 4) is 0 Å². The zero-order valence-electron chi connectivity index (χ0n) is 8.01. The van der Waals surface area contributed by atoms with Crippen molar-refractivity contribution in [3.05, 3.63) is 23.4 Å². The molecule has 0 saturated carbocycles. The van der Waals surface area contributed by atoms with Gasteiger partial charge in [-0.15, -0.1) is 0 Å². The van der Waals surface area contributed by atoms with E-state index in [9.17, 15) is 4.79 Å². The summed E-state index contributed by atoms with van der Waals surface area (Å²) in [5, 5.41) is 2.78. The molecule has 68 valence electrons. The van der Waals surface area contributed by atoms with Crippen LogP contribution in [0.15, 0.2) is 12.1 Å². The number of nitrogens with zero attached hydrogens (tertiary/aromatic N) is 1. The zero-order valence-corrected chi connectivity index (χ0v) is 8.01. The van der Waals surface area contributed by atoms with Crippen LogP contribution in [0.4, 0.5) is 5.82 Å². The Labute approximate surface area is 77.2 Å². The highest BCUT2D eigenvalue weighted by Gasteiger charge is 2.38. The number of rotatable bonds is 0. The molecule has 1 amide bonds. The first-order valence-corrected chi connectivity index (χ1v) is 4.31. The molecule has 0 spiro atoms. The fraction of sp³-hybridized carbons (Fsp3) is 0.400. The number of hydrogen-bond acceptors (Lipinski definition) is 2. The summed E-state index contributed by atoms with van der Waals surface area (Å²) in [6, 6.07) is 3.90. The van der Waals surface area contributed by atoms with E-state index in [1.54, 1.807) is 0 Å². The lowest BCUT2D eigenvalue weighted by molar-refractivity contribution is -0.119. The molecule has 1 aromatic rings. The minimum Gasteiger partial charge on any atom is -0.310 e. The number of carbonyl (C=O) groups is 1. The Balaban J connectivity index is 2.62. The first-order chi connectivity index (χ1) is 6.01. The van der Waals surface area contributed by atoms with Crippen LogP contribution in [0.1, 0.15) is 25.1 Å². The number of amides is 1. The van der Waals surface area contributed by atoms with Gasteiger partial charge in [0.05, 0.1) is 5.41 Å². The highest BCUT2D eigenvalue weighted by atomic mass is 16.2. The van der Waals surface area contributed by atoms with Gasteiger partial charge in [0.15, 0.2) is 0 Å². The zero-order chi connectivity index (χ0) is 9.64. The molecule has 2 rings (SSSR count). The molecule has 1 aromatic heterocycles. The number of aryl methyl sites for hydroxylation is 1. The van der Waals surface area contributed by atoms with Gasteiger partial charge in [0, 0.05) is 11.3 Å². The molecule has 13 heavy (non-hydrogen) atoms. The fourth-order valence-corrected chi connectivity index (χ4v) is 1.54. The Morgan fingerprint density at radius 3 is 2.77 bits per heavy atom. The average molecular weight is 176 g/mol. The average Bonchev–Trinajstić information content (AvgIpc) is 2.23. The molecule has 1 N–H and O–H groups in total. The summed E-state index contributed by atoms with van der Waals surface area (Å²) in [7, 11) is 0. The van der Waals surface area contributed by atoms with E-state index < -0.39 is 5.41 Å². The Morgan fingerprint density at radius 1 is 1.38 bits per heavy atom. The normalized spacial score (nSPS) is 18.2. The molecule has 1 aliphatic heterocycles. The minimum atomic E-state index is -0.434. The molecule has 1 aliphatic rings. The molecule has 0 bridgehead atoms. The van der Waals surface area contributed by atoms with Gasteiger partial charge in [-0.05, 0) is 26.8 Å². The predicted molar refractivity (Wildman–Crippen MR) is 50.6 cm³/mol. The monoisotopic (exact) mass is 176 g/mol. The Bertz CT molecular complexity index is 383. The van der Waals surface area contributed by atoms with Gasteiger partial charge in [-0.1, -0.05) is 6.07 Å². The van der Waals surface area contributed by atoms with Crippen molar-refractivity contribution in [3.63, 3.8) is 0 Å². The summed E-state index contributed by atoms with van der Waals surface area (Å²) < 4.78 is 0. The van der Waals surface area contributed by atoms with Crippen LogP contribution in [-0.2, 0) is 10.2 Å². The summed E-state index contributed by atoms with van der Waals surface area (Å²) in [5.41, 5.74) is 1.48. The molecule has 0 atom stereocenters. The van der Waals surface area contributed by atoms with Crippen molar-refractivity contribution in [1.29, 1.82) is 0 Å². The number of fused-ring (bicyclic) bond motifs is 1. The lowest BCUT2D eigenvalue weighted by Crippen LogP contribution is -2.26. The molecule has 0 aliphatic carbocycles. The molecular formula is C10H12N2O. The van der Waals surface area contributed by atoms with Gasteiger partial charge in [0.1, 0.15) is 5.82 Å². The smallest absolute Gasteiger partial charge is 0.235 e. The highest BCUT2D eigenvalue weighted by molar-refractivity contribution is 6.04. The third-order valence-electron chi connectivity index (χ3n) is 2.51. The second-order valence-corrected chi connectivity index (χ2v) is 3.93. The van der Waals surface area contributed by atoms with Crippen molar-refractivity contribution >= 4 is 11.7 Å². The topological polar surface area (TPSA) is 42.0 Å². The molecular weight excluding hydrogens is 164 g/mol. The van der Waals surface area contributed by atoms with Gasteiger partial charge in [0.25, 0.3) is 0 Å². The summed E-state index contributed by atoms with van der Waals surface area (Å²) in [4.78, 5) is 15.8. The Hall–Kier alpha value is -1.38. The van der Waals surface area contributed by atoms with Crippen molar-refractivity contribution in [2.45, 2.75) is 26.2 Å².